The molecule has 8 heteroatoms. The SMILES string of the molecule is CCCCCC(COc1ccc(C(=O)OC)cc1)c1ccc2c(c1)C(SC=O)(SC=O)CCO2. The lowest BCUT2D eigenvalue weighted by molar-refractivity contribution is 0.0600. The van der Waals surface area contributed by atoms with Crippen LogP contribution in [0.25, 0.3) is 0 Å². The molecule has 1 aliphatic heterocycles. The first-order chi connectivity index (χ1) is 16.6. The van der Waals surface area contributed by atoms with E-state index in [1.165, 1.54) is 7.11 Å². The van der Waals surface area contributed by atoms with Crippen molar-refractivity contribution in [2.24, 2.45) is 0 Å². The van der Waals surface area contributed by atoms with Crippen molar-refractivity contribution in [3.8, 4) is 11.5 Å². The summed E-state index contributed by atoms with van der Waals surface area (Å²) in [6.45, 7) is 3.10. The fraction of sp³-hybridized carbons (Fsp3) is 0.423. The number of unbranched alkanes of at least 4 members (excludes halogenated alkanes) is 2. The van der Waals surface area contributed by atoms with E-state index in [9.17, 15) is 14.4 Å². The van der Waals surface area contributed by atoms with Gasteiger partial charge in [0.1, 0.15) is 15.6 Å². The van der Waals surface area contributed by atoms with Gasteiger partial charge in [0.15, 0.2) is 11.2 Å². The van der Waals surface area contributed by atoms with Crippen molar-refractivity contribution in [2.45, 2.75) is 49.0 Å². The number of benzene rings is 2. The normalized spacial score (nSPS) is 14.9. The first-order valence-corrected chi connectivity index (χ1v) is 13.1. The molecular weight excluding hydrogens is 472 g/mol. The van der Waals surface area contributed by atoms with Crippen molar-refractivity contribution < 1.29 is 28.6 Å². The molecule has 6 nitrogen and oxygen atoms in total. The van der Waals surface area contributed by atoms with Crippen molar-refractivity contribution in [1.29, 1.82) is 0 Å². The first kappa shape index (κ1) is 26.2. The Morgan fingerprint density at radius 3 is 2.50 bits per heavy atom. The predicted octanol–water partition coefficient (Wildman–Crippen LogP) is 6.00. The second-order valence-electron chi connectivity index (χ2n) is 8.05. The van der Waals surface area contributed by atoms with Gasteiger partial charge in [-0.25, -0.2) is 4.79 Å². The van der Waals surface area contributed by atoms with Crippen LogP contribution in [0.5, 0.6) is 11.5 Å². The third-order valence-electron chi connectivity index (χ3n) is 5.93. The minimum absolute atomic E-state index is 0.124. The molecule has 2 aromatic rings. The van der Waals surface area contributed by atoms with Crippen LogP contribution in [0.4, 0.5) is 0 Å². The predicted molar refractivity (Wildman–Crippen MR) is 137 cm³/mol. The molecule has 3 rings (SSSR count). The molecule has 0 N–H and O–H groups in total. The van der Waals surface area contributed by atoms with Crippen LogP contribution < -0.4 is 9.47 Å². The van der Waals surface area contributed by atoms with Gasteiger partial charge in [0, 0.05) is 17.9 Å². The van der Waals surface area contributed by atoms with Gasteiger partial charge >= 0.3 is 5.97 Å². The topological polar surface area (TPSA) is 78.9 Å². The minimum Gasteiger partial charge on any atom is -0.493 e. The number of hydrogen-bond acceptors (Lipinski definition) is 8. The summed E-state index contributed by atoms with van der Waals surface area (Å²) in [6, 6.07) is 13.0. The molecule has 0 radical (unpaired) electrons. The van der Waals surface area contributed by atoms with Crippen molar-refractivity contribution in [3.63, 3.8) is 0 Å². The van der Waals surface area contributed by atoms with Gasteiger partial charge in [0.05, 0.1) is 25.9 Å². The van der Waals surface area contributed by atoms with E-state index in [1.54, 1.807) is 24.3 Å². The Labute approximate surface area is 209 Å². The summed E-state index contributed by atoms with van der Waals surface area (Å²) in [5, 5.41) is 0. The quantitative estimate of drug-likeness (QED) is 0.143. The van der Waals surface area contributed by atoms with Gasteiger partial charge in [-0.3, -0.25) is 9.59 Å². The van der Waals surface area contributed by atoms with Gasteiger partial charge in [-0.05, 0) is 48.4 Å². The second-order valence-corrected chi connectivity index (χ2v) is 10.6. The average molecular weight is 503 g/mol. The molecule has 0 aliphatic carbocycles. The third-order valence-corrected chi connectivity index (χ3v) is 8.31. The maximum Gasteiger partial charge on any atom is 0.337 e. The summed E-state index contributed by atoms with van der Waals surface area (Å²) >= 11 is 2.25. The highest BCUT2D eigenvalue weighted by Gasteiger charge is 2.40. The third kappa shape index (κ3) is 6.36. The van der Waals surface area contributed by atoms with Crippen LogP contribution in [0.1, 0.15) is 66.4 Å². The summed E-state index contributed by atoms with van der Waals surface area (Å²) in [5.41, 5.74) is 4.04. The summed E-state index contributed by atoms with van der Waals surface area (Å²) in [7, 11) is 1.35. The molecule has 1 unspecified atom stereocenters. The maximum absolute atomic E-state index is 11.7. The van der Waals surface area contributed by atoms with Crippen molar-refractivity contribution in [1.82, 2.24) is 0 Å². The highest BCUT2D eigenvalue weighted by molar-refractivity contribution is 8.28. The summed E-state index contributed by atoms with van der Waals surface area (Å²) in [4.78, 5) is 34.6. The zero-order valence-electron chi connectivity index (χ0n) is 19.5. The molecule has 34 heavy (non-hydrogen) atoms. The molecule has 0 fully saturated rings. The van der Waals surface area contributed by atoms with Crippen LogP contribution in [0.2, 0.25) is 0 Å². The number of carbonyl (C=O) groups is 3. The Morgan fingerprint density at radius 1 is 1.12 bits per heavy atom. The van der Waals surface area contributed by atoms with Gasteiger partial charge < -0.3 is 14.2 Å². The maximum atomic E-state index is 11.7. The standard InChI is InChI=1S/C26H30O6S2/c1-3-4-5-6-21(16-32-22-10-7-19(8-11-22)25(29)30-2)20-9-12-24-23(15-20)26(33-17-27,34-18-28)13-14-31-24/h7-12,15,17-18,21H,3-6,13-14,16H2,1-2H3. The Morgan fingerprint density at radius 2 is 1.85 bits per heavy atom. The van der Waals surface area contributed by atoms with Gasteiger partial charge in [-0.2, -0.15) is 0 Å². The van der Waals surface area contributed by atoms with E-state index in [-0.39, 0.29) is 11.9 Å². The second kappa shape index (κ2) is 12.9. The number of esters is 1. The molecule has 0 saturated carbocycles. The number of methoxy groups -OCH3 is 1. The Balaban J connectivity index is 1.84. The summed E-state index contributed by atoms with van der Waals surface area (Å²) in [6.07, 6.45) is 4.83. The van der Waals surface area contributed by atoms with E-state index < -0.39 is 4.08 Å². The number of ether oxygens (including phenoxy) is 3. The van der Waals surface area contributed by atoms with E-state index in [4.69, 9.17) is 14.2 Å². The zero-order valence-corrected chi connectivity index (χ0v) is 21.1. The van der Waals surface area contributed by atoms with Crippen molar-refractivity contribution in [3.05, 3.63) is 59.2 Å². The largest absolute Gasteiger partial charge is 0.493 e. The zero-order chi connectivity index (χ0) is 24.4. The Kier molecular flexibility index (Phi) is 9.89. The number of thioether (sulfide) groups is 2. The lowest BCUT2D eigenvalue weighted by Crippen LogP contribution is -2.27. The summed E-state index contributed by atoms with van der Waals surface area (Å²) in [5.74, 6) is 1.13. The van der Waals surface area contributed by atoms with Gasteiger partial charge in [0.2, 0.25) is 0 Å². The molecule has 0 saturated heterocycles. The number of rotatable bonds is 13. The van der Waals surface area contributed by atoms with Gasteiger partial charge in [-0.15, -0.1) is 0 Å². The number of hydrogen-bond donors (Lipinski definition) is 0. The lowest BCUT2D eigenvalue weighted by Gasteiger charge is -2.35. The fourth-order valence-electron chi connectivity index (χ4n) is 4.07. The molecule has 2 aromatic carbocycles. The molecule has 1 aliphatic rings. The monoisotopic (exact) mass is 502 g/mol. The number of fused-ring (bicyclic) bond motifs is 1. The van der Waals surface area contributed by atoms with E-state index >= 15 is 0 Å². The molecule has 182 valence electrons. The Bertz CT molecular complexity index is 966. The van der Waals surface area contributed by atoms with Crippen LogP contribution in [0.15, 0.2) is 42.5 Å². The fourth-order valence-corrected chi connectivity index (χ4v) is 5.82. The molecule has 0 spiro atoms. The number of carbonyl (C=O) groups excluding carboxylic acids is 3. The lowest BCUT2D eigenvalue weighted by atomic mass is 9.91. The molecule has 1 atom stereocenters. The van der Waals surface area contributed by atoms with E-state index in [0.717, 1.165) is 71.6 Å². The molecular formula is C26H30O6S2. The van der Waals surface area contributed by atoms with E-state index in [2.05, 4.69) is 13.0 Å². The van der Waals surface area contributed by atoms with Gasteiger partial charge in [-0.1, -0.05) is 55.8 Å². The minimum atomic E-state index is -0.675. The van der Waals surface area contributed by atoms with E-state index in [0.29, 0.717) is 36.7 Å². The van der Waals surface area contributed by atoms with Crippen LogP contribution in [0.3, 0.4) is 0 Å². The van der Waals surface area contributed by atoms with E-state index in [1.807, 2.05) is 12.1 Å². The van der Waals surface area contributed by atoms with Crippen LogP contribution in [-0.2, 0) is 18.4 Å². The van der Waals surface area contributed by atoms with Crippen LogP contribution in [0, 0.1) is 0 Å². The van der Waals surface area contributed by atoms with Crippen molar-refractivity contribution >= 4 is 40.7 Å². The molecule has 0 aromatic heterocycles. The molecule has 0 bridgehead atoms. The summed E-state index contributed by atoms with van der Waals surface area (Å²) < 4.78 is 16.0. The van der Waals surface area contributed by atoms with Crippen molar-refractivity contribution in [2.75, 3.05) is 20.3 Å². The smallest absolute Gasteiger partial charge is 0.337 e. The Hall–Kier alpha value is -2.45. The van der Waals surface area contributed by atoms with Crippen LogP contribution >= 0.6 is 23.5 Å². The first-order valence-electron chi connectivity index (χ1n) is 11.4. The average Bonchev–Trinajstić information content (AvgIpc) is 2.86. The highest BCUT2D eigenvalue weighted by Crippen LogP contribution is 2.53. The highest BCUT2D eigenvalue weighted by atomic mass is 32.2. The van der Waals surface area contributed by atoms with Gasteiger partial charge in [0.25, 0.3) is 0 Å². The molecule has 1 heterocycles. The molecule has 0 amide bonds. The van der Waals surface area contributed by atoms with Crippen LogP contribution in [-0.4, -0.2) is 37.5 Å².